The Morgan fingerprint density at radius 2 is 1.54 bits per heavy atom. The molecule has 1 aromatic heterocycles. The summed E-state index contributed by atoms with van der Waals surface area (Å²) in [6.45, 7) is 0. The van der Waals surface area contributed by atoms with E-state index in [-0.39, 0.29) is 5.43 Å². The third-order valence-corrected chi connectivity index (χ3v) is 5.31. The molecule has 0 aliphatic rings. The quantitative estimate of drug-likeness (QED) is 0.534. The van der Waals surface area contributed by atoms with Crippen LogP contribution in [0.2, 0.25) is 0 Å². The first-order chi connectivity index (χ1) is 12.8. The zero-order valence-corrected chi connectivity index (χ0v) is 15.0. The molecule has 0 aliphatic carbocycles. The second-order valence-corrected chi connectivity index (χ2v) is 6.93. The summed E-state index contributed by atoms with van der Waals surface area (Å²) in [5.74, 6) is 0.796. The molecule has 26 heavy (non-hydrogen) atoms. The minimum Gasteiger partial charge on any atom is -0.497 e. The number of H-pyrrole nitrogens is 1. The summed E-state index contributed by atoms with van der Waals surface area (Å²) in [6, 6.07) is 25.3. The average Bonchev–Trinajstić information content (AvgIpc) is 2.71. The van der Waals surface area contributed by atoms with Crippen LogP contribution in [0.4, 0.5) is 0 Å². The van der Waals surface area contributed by atoms with Crippen LogP contribution in [0.5, 0.6) is 5.75 Å². The van der Waals surface area contributed by atoms with E-state index in [9.17, 15) is 4.79 Å². The van der Waals surface area contributed by atoms with Crippen LogP contribution in [-0.4, -0.2) is 12.1 Å². The van der Waals surface area contributed by atoms with Crippen molar-refractivity contribution in [2.75, 3.05) is 7.11 Å². The maximum Gasteiger partial charge on any atom is 0.203 e. The molecule has 1 heterocycles. The molecular weight excluding hydrogens is 342 g/mol. The third-order valence-electron chi connectivity index (χ3n) is 4.21. The molecule has 3 nitrogen and oxygen atoms in total. The monoisotopic (exact) mass is 359 g/mol. The van der Waals surface area contributed by atoms with Crippen molar-refractivity contribution in [3.63, 3.8) is 0 Å². The number of para-hydroxylation sites is 1. The van der Waals surface area contributed by atoms with Gasteiger partial charge in [0.2, 0.25) is 5.43 Å². The number of aromatic amines is 1. The van der Waals surface area contributed by atoms with Crippen LogP contribution in [0.15, 0.2) is 93.4 Å². The van der Waals surface area contributed by atoms with Crippen LogP contribution in [0, 0.1) is 0 Å². The zero-order chi connectivity index (χ0) is 17.9. The van der Waals surface area contributed by atoms with Crippen LogP contribution in [0.1, 0.15) is 0 Å². The number of nitrogens with one attached hydrogen (secondary N) is 1. The van der Waals surface area contributed by atoms with Crippen molar-refractivity contribution >= 4 is 22.7 Å². The SMILES string of the molecule is COc1ccc(Sc2c(-c3ccccc3)[nH]c3ccccc3c2=O)cc1. The van der Waals surface area contributed by atoms with Crippen LogP contribution in [0.25, 0.3) is 22.2 Å². The van der Waals surface area contributed by atoms with Gasteiger partial charge in [-0.05, 0) is 42.0 Å². The number of hydrogen-bond donors (Lipinski definition) is 1. The largest absolute Gasteiger partial charge is 0.497 e. The molecule has 1 N–H and O–H groups in total. The predicted molar refractivity (Wildman–Crippen MR) is 107 cm³/mol. The Bertz CT molecular complexity index is 1100. The first-order valence-corrected chi connectivity index (χ1v) is 9.10. The highest BCUT2D eigenvalue weighted by atomic mass is 32.2. The molecule has 4 heteroatoms. The molecule has 3 aromatic carbocycles. The van der Waals surface area contributed by atoms with Crippen LogP contribution in [0.3, 0.4) is 0 Å². The second-order valence-electron chi connectivity index (χ2n) is 5.85. The predicted octanol–water partition coefficient (Wildman–Crippen LogP) is 5.35. The van der Waals surface area contributed by atoms with E-state index in [0.717, 1.165) is 27.4 Å². The molecule has 0 radical (unpaired) electrons. The topological polar surface area (TPSA) is 42.1 Å². The number of rotatable bonds is 4. The first kappa shape index (κ1) is 16.5. The summed E-state index contributed by atoms with van der Waals surface area (Å²) in [5.41, 5.74) is 2.72. The van der Waals surface area contributed by atoms with Crippen molar-refractivity contribution in [2.45, 2.75) is 9.79 Å². The van der Waals surface area contributed by atoms with Gasteiger partial charge in [-0.25, -0.2) is 0 Å². The van der Waals surface area contributed by atoms with Crippen molar-refractivity contribution in [1.82, 2.24) is 4.98 Å². The van der Waals surface area contributed by atoms with Crippen molar-refractivity contribution in [1.29, 1.82) is 0 Å². The lowest BCUT2D eigenvalue weighted by molar-refractivity contribution is 0.414. The van der Waals surface area contributed by atoms with Gasteiger partial charge in [-0.2, -0.15) is 0 Å². The van der Waals surface area contributed by atoms with E-state index in [1.54, 1.807) is 7.11 Å². The van der Waals surface area contributed by atoms with E-state index >= 15 is 0 Å². The highest BCUT2D eigenvalue weighted by molar-refractivity contribution is 7.99. The van der Waals surface area contributed by atoms with Crippen molar-refractivity contribution in [3.05, 3.63) is 89.1 Å². The van der Waals surface area contributed by atoms with E-state index in [1.807, 2.05) is 78.9 Å². The van der Waals surface area contributed by atoms with Crippen LogP contribution in [-0.2, 0) is 0 Å². The van der Waals surface area contributed by atoms with Gasteiger partial charge in [0.05, 0.1) is 17.7 Å². The third kappa shape index (κ3) is 3.11. The Kier molecular flexibility index (Phi) is 4.50. The molecular formula is C22H17NO2S. The molecule has 0 spiro atoms. The number of benzene rings is 3. The summed E-state index contributed by atoms with van der Waals surface area (Å²) >= 11 is 1.47. The van der Waals surface area contributed by atoms with Gasteiger partial charge in [-0.1, -0.05) is 54.2 Å². The second kappa shape index (κ2) is 7.10. The van der Waals surface area contributed by atoms with E-state index in [0.29, 0.717) is 10.3 Å². The first-order valence-electron chi connectivity index (χ1n) is 8.28. The molecule has 0 atom stereocenters. The fourth-order valence-electron chi connectivity index (χ4n) is 2.88. The maximum absolute atomic E-state index is 13.2. The van der Waals surface area contributed by atoms with Gasteiger partial charge in [0.1, 0.15) is 5.75 Å². The highest BCUT2D eigenvalue weighted by Gasteiger charge is 2.15. The maximum atomic E-state index is 13.2. The number of fused-ring (bicyclic) bond motifs is 1. The lowest BCUT2D eigenvalue weighted by Gasteiger charge is -2.12. The number of methoxy groups -OCH3 is 1. The summed E-state index contributed by atoms with van der Waals surface area (Å²) in [6.07, 6.45) is 0. The van der Waals surface area contributed by atoms with Gasteiger partial charge in [0, 0.05) is 15.8 Å². The van der Waals surface area contributed by atoms with E-state index < -0.39 is 0 Å². The minimum absolute atomic E-state index is 0.0408. The molecule has 0 saturated carbocycles. The van der Waals surface area contributed by atoms with Crippen molar-refractivity contribution < 1.29 is 4.74 Å². The molecule has 0 bridgehead atoms. The van der Waals surface area contributed by atoms with E-state index in [4.69, 9.17) is 4.74 Å². The van der Waals surface area contributed by atoms with Crippen molar-refractivity contribution in [2.24, 2.45) is 0 Å². The molecule has 4 aromatic rings. The normalized spacial score (nSPS) is 10.8. The van der Waals surface area contributed by atoms with Crippen LogP contribution >= 0.6 is 11.8 Å². The lowest BCUT2D eigenvalue weighted by atomic mass is 10.1. The lowest BCUT2D eigenvalue weighted by Crippen LogP contribution is -2.08. The van der Waals surface area contributed by atoms with Gasteiger partial charge >= 0.3 is 0 Å². The molecule has 0 fully saturated rings. The van der Waals surface area contributed by atoms with Gasteiger partial charge in [-0.15, -0.1) is 0 Å². The number of pyridine rings is 1. The fraction of sp³-hybridized carbons (Fsp3) is 0.0455. The van der Waals surface area contributed by atoms with Gasteiger partial charge in [-0.3, -0.25) is 4.79 Å². The van der Waals surface area contributed by atoms with Gasteiger partial charge in [0.15, 0.2) is 0 Å². The Balaban J connectivity index is 1.90. The molecule has 128 valence electrons. The van der Waals surface area contributed by atoms with E-state index in [2.05, 4.69) is 4.98 Å². The number of hydrogen-bond acceptors (Lipinski definition) is 3. The van der Waals surface area contributed by atoms with E-state index in [1.165, 1.54) is 11.8 Å². The highest BCUT2D eigenvalue weighted by Crippen LogP contribution is 2.34. The Morgan fingerprint density at radius 3 is 2.27 bits per heavy atom. The molecule has 0 saturated heterocycles. The minimum atomic E-state index is 0.0408. The van der Waals surface area contributed by atoms with Crippen molar-refractivity contribution in [3.8, 4) is 17.0 Å². The fourth-order valence-corrected chi connectivity index (χ4v) is 3.87. The summed E-state index contributed by atoms with van der Waals surface area (Å²) in [5, 5.41) is 0.697. The number of aromatic nitrogens is 1. The average molecular weight is 359 g/mol. The molecule has 0 aliphatic heterocycles. The summed E-state index contributed by atoms with van der Waals surface area (Å²) in [7, 11) is 1.64. The Labute approximate surface area is 155 Å². The zero-order valence-electron chi connectivity index (χ0n) is 14.2. The summed E-state index contributed by atoms with van der Waals surface area (Å²) < 4.78 is 5.22. The molecule has 0 unspecified atom stereocenters. The summed E-state index contributed by atoms with van der Waals surface area (Å²) in [4.78, 5) is 18.3. The van der Waals surface area contributed by atoms with Gasteiger partial charge in [0.25, 0.3) is 0 Å². The Hall–Kier alpha value is -2.98. The van der Waals surface area contributed by atoms with Crippen LogP contribution < -0.4 is 10.2 Å². The molecule has 0 amide bonds. The standard InChI is InChI=1S/C22H17NO2S/c1-25-16-11-13-17(14-12-16)26-22-20(15-7-3-2-4-8-15)23-19-10-6-5-9-18(19)21(22)24/h2-14H,1H3,(H,23,24). The van der Waals surface area contributed by atoms with Gasteiger partial charge < -0.3 is 9.72 Å². The molecule has 4 rings (SSSR count). The smallest absolute Gasteiger partial charge is 0.203 e. The Morgan fingerprint density at radius 1 is 0.846 bits per heavy atom. The number of ether oxygens (including phenoxy) is 1.